The van der Waals surface area contributed by atoms with Gasteiger partial charge in [0, 0.05) is 18.3 Å². The SMILES string of the molecule is CCC(C)c1ccc(NC(=O)C2CCC(=O)N2c2ncc(C)cc2Cl)cc1. The maximum Gasteiger partial charge on any atom is 0.247 e. The summed E-state index contributed by atoms with van der Waals surface area (Å²) in [4.78, 5) is 30.9. The van der Waals surface area contributed by atoms with E-state index < -0.39 is 6.04 Å². The predicted octanol–water partition coefficient (Wildman–Crippen LogP) is 4.69. The minimum atomic E-state index is -0.612. The average molecular weight is 386 g/mol. The summed E-state index contributed by atoms with van der Waals surface area (Å²) in [5.41, 5.74) is 2.86. The molecule has 1 aliphatic heterocycles. The number of amides is 2. The van der Waals surface area contributed by atoms with Crippen molar-refractivity contribution in [3.05, 3.63) is 52.7 Å². The Labute approximate surface area is 164 Å². The first-order valence-corrected chi connectivity index (χ1v) is 9.63. The van der Waals surface area contributed by atoms with Crippen molar-refractivity contribution < 1.29 is 9.59 Å². The number of hydrogen-bond acceptors (Lipinski definition) is 3. The number of carbonyl (C=O) groups is 2. The van der Waals surface area contributed by atoms with Crippen LogP contribution >= 0.6 is 11.6 Å². The fourth-order valence-electron chi connectivity index (χ4n) is 3.26. The average Bonchev–Trinajstić information content (AvgIpc) is 3.03. The number of nitrogens with zero attached hydrogens (tertiary/aromatic N) is 2. The smallest absolute Gasteiger partial charge is 0.247 e. The molecule has 2 unspecified atom stereocenters. The Kier molecular flexibility index (Phi) is 5.80. The maximum atomic E-state index is 12.8. The summed E-state index contributed by atoms with van der Waals surface area (Å²) in [5.74, 6) is 0.459. The van der Waals surface area contributed by atoms with Crippen molar-refractivity contribution in [2.75, 3.05) is 10.2 Å². The van der Waals surface area contributed by atoms with E-state index in [0.29, 0.717) is 35.3 Å². The van der Waals surface area contributed by atoms with Gasteiger partial charge in [0.15, 0.2) is 5.82 Å². The molecule has 0 bridgehead atoms. The van der Waals surface area contributed by atoms with Crippen LogP contribution in [0.3, 0.4) is 0 Å². The Hall–Kier alpha value is -2.40. The van der Waals surface area contributed by atoms with Gasteiger partial charge >= 0.3 is 0 Å². The third-order valence-electron chi connectivity index (χ3n) is 5.06. The number of halogens is 1. The fraction of sp³-hybridized carbons (Fsp3) is 0.381. The zero-order valence-electron chi connectivity index (χ0n) is 15.8. The molecule has 1 fully saturated rings. The van der Waals surface area contributed by atoms with Crippen LogP contribution in [-0.2, 0) is 9.59 Å². The van der Waals surface area contributed by atoms with Crippen molar-refractivity contribution in [1.82, 2.24) is 4.98 Å². The Bertz CT molecular complexity index is 851. The van der Waals surface area contributed by atoms with Gasteiger partial charge in [0.25, 0.3) is 0 Å². The molecule has 1 aromatic carbocycles. The number of aromatic nitrogens is 1. The van der Waals surface area contributed by atoms with Gasteiger partial charge in [-0.1, -0.05) is 37.6 Å². The number of aryl methyl sites for hydroxylation is 1. The molecule has 1 aliphatic rings. The number of hydrogen-bond donors (Lipinski definition) is 1. The van der Waals surface area contributed by atoms with Crippen molar-refractivity contribution in [1.29, 1.82) is 0 Å². The van der Waals surface area contributed by atoms with Crippen LogP contribution in [0, 0.1) is 6.92 Å². The molecule has 2 heterocycles. The molecule has 1 aromatic heterocycles. The van der Waals surface area contributed by atoms with E-state index in [-0.39, 0.29) is 11.8 Å². The van der Waals surface area contributed by atoms with E-state index >= 15 is 0 Å². The molecule has 6 heteroatoms. The fourth-order valence-corrected chi connectivity index (χ4v) is 3.57. The summed E-state index contributed by atoms with van der Waals surface area (Å²) in [6, 6.07) is 8.99. The van der Waals surface area contributed by atoms with E-state index in [9.17, 15) is 9.59 Å². The van der Waals surface area contributed by atoms with Crippen LogP contribution in [0.1, 0.15) is 50.2 Å². The van der Waals surface area contributed by atoms with E-state index in [4.69, 9.17) is 11.6 Å². The summed E-state index contributed by atoms with van der Waals surface area (Å²) in [5, 5.41) is 3.29. The van der Waals surface area contributed by atoms with E-state index in [1.165, 1.54) is 10.5 Å². The lowest BCUT2D eigenvalue weighted by molar-refractivity contribution is -0.120. The van der Waals surface area contributed by atoms with Gasteiger partial charge in [0.2, 0.25) is 11.8 Å². The zero-order chi connectivity index (χ0) is 19.6. The lowest BCUT2D eigenvalue weighted by Gasteiger charge is -2.24. The summed E-state index contributed by atoms with van der Waals surface area (Å²) in [6.07, 6.45) is 3.46. The van der Waals surface area contributed by atoms with Crippen molar-refractivity contribution >= 4 is 34.9 Å². The topological polar surface area (TPSA) is 62.3 Å². The first-order chi connectivity index (χ1) is 12.9. The number of pyridine rings is 1. The van der Waals surface area contributed by atoms with E-state index in [1.54, 1.807) is 12.3 Å². The minimum absolute atomic E-state index is 0.138. The number of rotatable bonds is 5. The third kappa shape index (κ3) is 4.14. The first kappa shape index (κ1) is 19.4. The van der Waals surface area contributed by atoms with Crippen molar-refractivity contribution in [3.8, 4) is 0 Å². The highest BCUT2D eigenvalue weighted by atomic mass is 35.5. The lowest BCUT2D eigenvalue weighted by Crippen LogP contribution is -2.42. The summed E-state index contributed by atoms with van der Waals surface area (Å²) < 4.78 is 0. The number of anilines is 2. The summed E-state index contributed by atoms with van der Waals surface area (Å²) in [7, 11) is 0. The largest absolute Gasteiger partial charge is 0.324 e. The summed E-state index contributed by atoms with van der Waals surface area (Å²) in [6.45, 7) is 6.20. The van der Waals surface area contributed by atoms with Gasteiger partial charge in [-0.3, -0.25) is 14.5 Å². The molecule has 2 amide bonds. The maximum absolute atomic E-state index is 12.8. The molecule has 5 nitrogen and oxygen atoms in total. The molecule has 2 aromatic rings. The number of nitrogens with one attached hydrogen (secondary N) is 1. The third-order valence-corrected chi connectivity index (χ3v) is 5.34. The number of benzene rings is 1. The van der Waals surface area contributed by atoms with Gasteiger partial charge < -0.3 is 5.32 Å². The molecule has 0 spiro atoms. The van der Waals surface area contributed by atoms with Crippen LogP contribution in [-0.4, -0.2) is 22.8 Å². The molecule has 142 valence electrons. The quantitative estimate of drug-likeness (QED) is 0.811. The van der Waals surface area contributed by atoms with Crippen molar-refractivity contribution in [2.45, 2.75) is 52.0 Å². The van der Waals surface area contributed by atoms with Crippen molar-refractivity contribution in [3.63, 3.8) is 0 Å². The second-order valence-corrected chi connectivity index (χ2v) is 7.46. The molecule has 0 radical (unpaired) electrons. The van der Waals surface area contributed by atoms with Crippen LogP contribution in [0.4, 0.5) is 11.5 Å². The highest BCUT2D eigenvalue weighted by molar-refractivity contribution is 6.33. The molecule has 1 saturated heterocycles. The van der Waals surface area contributed by atoms with Gasteiger partial charge in [0.1, 0.15) is 6.04 Å². The molecule has 2 atom stereocenters. The van der Waals surface area contributed by atoms with Crippen LogP contribution < -0.4 is 10.2 Å². The second kappa shape index (κ2) is 8.09. The molecular formula is C21H24ClN3O2. The van der Waals surface area contributed by atoms with Crippen molar-refractivity contribution in [2.24, 2.45) is 0 Å². The minimum Gasteiger partial charge on any atom is -0.324 e. The molecular weight excluding hydrogens is 362 g/mol. The van der Waals surface area contributed by atoms with Crippen LogP contribution in [0.5, 0.6) is 0 Å². The van der Waals surface area contributed by atoms with Gasteiger partial charge in [-0.05, 0) is 55.0 Å². The van der Waals surface area contributed by atoms with Gasteiger partial charge in [0.05, 0.1) is 5.02 Å². The molecule has 3 rings (SSSR count). The molecule has 0 saturated carbocycles. The zero-order valence-corrected chi connectivity index (χ0v) is 16.6. The lowest BCUT2D eigenvalue weighted by atomic mass is 9.98. The monoisotopic (exact) mass is 385 g/mol. The predicted molar refractivity (Wildman–Crippen MR) is 108 cm³/mol. The van der Waals surface area contributed by atoms with E-state index in [1.807, 2.05) is 31.2 Å². The highest BCUT2D eigenvalue weighted by Gasteiger charge is 2.38. The van der Waals surface area contributed by atoms with E-state index in [2.05, 4.69) is 24.1 Å². The molecule has 0 aliphatic carbocycles. The van der Waals surface area contributed by atoms with Gasteiger partial charge in [-0.15, -0.1) is 0 Å². The summed E-state index contributed by atoms with van der Waals surface area (Å²) >= 11 is 6.28. The Morgan fingerprint density at radius 2 is 2.07 bits per heavy atom. The Morgan fingerprint density at radius 3 is 2.70 bits per heavy atom. The molecule has 1 N–H and O–H groups in total. The van der Waals surface area contributed by atoms with Crippen LogP contribution in [0.25, 0.3) is 0 Å². The Morgan fingerprint density at radius 1 is 1.37 bits per heavy atom. The van der Waals surface area contributed by atoms with Crippen LogP contribution in [0.15, 0.2) is 36.5 Å². The Balaban J connectivity index is 1.78. The standard InChI is InChI=1S/C21H24ClN3O2/c1-4-14(3)15-5-7-16(8-6-15)24-21(27)18-9-10-19(26)25(18)20-17(22)11-13(2)12-23-20/h5-8,11-12,14,18H,4,9-10H2,1-3H3,(H,24,27). The normalized spacial score (nSPS) is 17.9. The van der Waals surface area contributed by atoms with E-state index in [0.717, 1.165) is 12.0 Å². The second-order valence-electron chi connectivity index (χ2n) is 7.06. The number of carbonyl (C=O) groups excluding carboxylic acids is 2. The first-order valence-electron chi connectivity index (χ1n) is 9.25. The molecule has 27 heavy (non-hydrogen) atoms. The van der Waals surface area contributed by atoms with Crippen LogP contribution in [0.2, 0.25) is 5.02 Å². The van der Waals surface area contributed by atoms with Gasteiger partial charge in [-0.25, -0.2) is 4.98 Å². The van der Waals surface area contributed by atoms with Gasteiger partial charge in [-0.2, -0.15) is 0 Å². The highest BCUT2D eigenvalue weighted by Crippen LogP contribution is 2.32.